The van der Waals surface area contributed by atoms with Gasteiger partial charge in [-0.05, 0) is 36.8 Å². The van der Waals surface area contributed by atoms with Crippen LogP contribution >= 0.6 is 0 Å². The van der Waals surface area contributed by atoms with Crippen LogP contribution in [0.15, 0.2) is 42.6 Å². The topological polar surface area (TPSA) is 60.4 Å². The second kappa shape index (κ2) is 7.79. The van der Waals surface area contributed by atoms with E-state index in [9.17, 15) is 0 Å². The monoisotopic (exact) mass is 388 g/mol. The van der Waals surface area contributed by atoms with Crippen LogP contribution in [-0.2, 0) is 25.9 Å². The van der Waals surface area contributed by atoms with Crippen molar-refractivity contribution in [2.45, 2.75) is 39.3 Å². The number of hydrogen-bond donors (Lipinski definition) is 0. The normalized spacial score (nSPS) is 15.3. The summed E-state index contributed by atoms with van der Waals surface area (Å²) in [6.45, 7) is 5.12. The Kier molecular flexibility index (Phi) is 4.86. The lowest BCUT2D eigenvalue weighted by atomic mass is 10.1. The summed E-state index contributed by atoms with van der Waals surface area (Å²) >= 11 is 0. The number of pyridine rings is 1. The fraction of sp³-hybridized carbons (Fsp3) is 0.348. The lowest BCUT2D eigenvalue weighted by molar-refractivity contribution is 0.174. The largest absolute Gasteiger partial charge is 0.454 e. The zero-order chi connectivity index (χ0) is 19.6. The molecule has 0 spiro atoms. The standard InChI is InChI=1S/C23H24N4O2/c1-2-4-23-24-12-17-13-27(10-9-20(17)26-23)14-18-5-3-6-19(25-18)16-7-8-21-22(11-16)29-15-28-21/h3,5-8,11-12H,2,4,9-10,13-15H2,1H3. The van der Waals surface area contributed by atoms with Crippen LogP contribution in [0.4, 0.5) is 0 Å². The van der Waals surface area contributed by atoms with Crippen molar-refractivity contribution in [1.29, 1.82) is 0 Å². The first-order valence-electron chi connectivity index (χ1n) is 10.2. The molecule has 0 fully saturated rings. The van der Waals surface area contributed by atoms with E-state index in [0.717, 1.165) is 73.2 Å². The Hall–Kier alpha value is -2.99. The predicted octanol–water partition coefficient (Wildman–Crippen LogP) is 3.78. The zero-order valence-corrected chi connectivity index (χ0v) is 16.6. The molecule has 2 aliphatic rings. The van der Waals surface area contributed by atoms with Crippen LogP contribution in [0.1, 0.15) is 36.1 Å². The molecule has 0 amide bonds. The first-order valence-corrected chi connectivity index (χ1v) is 10.2. The SMILES string of the molecule is CCCc1ncc2c(n1)CCN(Cc1cccc(-c3ccc4c(c3)OCO4)n1)C2. The molecule has 1 aromatic carbocycles. The Morgan fingerprint density at radius 1 is 1.07 bits per heavy atom. The van der Waals surface area contributed by atoms with Gasteiger partial charge >= 0.3 is 0 Å². The second-order valence-electron chi connectivity index (χ2n) is 7.55. The zero-order valence-electron chi connectivity index (χ0n) is 16.6. The minimum absolute atomic E-state index is 0.284. The third-order valence-corrected chi connectivity index (χ3v) is 5.40. The van der Waals surface area contributed by atoms with Crippen LogP contribution in [0.3, 0.4) is 0 Å². The summed E-state index contributed by atoms with van der Waals surface area (Å²) in [5, 5.41) is 0. The molecule has 29 heavy (non-hydrogen) atoms. The molecule has 6 heteroatoms. The van der Waals surface area contributed by atoms with Gasteiger partial charge in [0, 0.05) is 55.5 Å². The third kappa shape index (κ3) is 3.80. The van der Waals surface area contributed by atoms with Crippen molar-refractivity contribution in [2.24, 2.45) is 0 Å². The maximum Gasteiger partial charge on any atom is 0.231 e. The summed E-state index contributed by atoms with van der Waals surface area (Å²) in [5.74, 6) is 2.55. The average Bonchev–Trinajstić information content (AvgIpc) is 3.22. The van der Waals surface area contributed by atoms with E-state index in [4.69, 9.17) is 19.4 Å². The molecule has 2 aromatic heterocycles. The highest BCUT2D eigenvalue weighted by Gasteiger charge is 2.19. The Labute approximate surface area is 170 Å². The van der Waals surface area contributed by atoms with E-state index in [1.165, 1.54) is 11.3 Å². The van der Waals surface area contributed by atoms with Gasteiger partial charge in [0.2, 0.25) is 6.79 Å². The van der Waals surface area contributed by atoms with Gasteiger partial charge < -0.3 is 9.47 Å². The lowest BCUT2D eigenvalue weighted by Crippen LogP contribution is -2.31. The Morgan fingerprint density at radius 2 is 2.00 bits per heavy atom. The molecule has 0 atom stereocenters. The minimum atomic E-state index is 0.284. The summed E-state index contributed by atoms with van der Waals surface area (Å²) in [4.78, 5) is 16.6. The van der Waals surface area contributed by atoms with E-state index in [1.807, 2.05) is 30.5 Å². The quantitative estimate of drug-likeness (QED) is 0.663. The van der Waals surface area contributed by atoms with Crippen molar-refractivity contribution in [2.75, 3.05) is 13.3 Å². The lowest BCUT2D eigenvalue weighted by Gasteiger charge is -2.27. The second-order valence-corrected chi connectivity index (χ2v) is 7.55. The molecule has 0 aliphatic carbocycles. The van der Waals surface area contributed by atoms with Gasteiger partial charge in [-0.1, -0.05) is 13.0 Å². The van der Waals surface area contributed by atoms with E-state index in [-0.39, 0.29) is 6.79 Å². The summed E-state index contributed by atoms with van der Waals surface area (Å²) < 4.78 is 10.9. The average molecular weight is 388 g/mol. The molecule has 6 nitrogen and oxygen atoms in total. The van der Waals surface area contributed by atoms with Gasteiger partial charge in [0.05, 0.1) is 11.4 Å². The Bertz CT molecular complexity index is 1040. The Balaban J connectivity index is 1.31. The van der Waals surface area contributed by atoms with Crippen LogP contribution in [-0.4, -0.2) is 33.2 Å². The molecule has 4 heterocycles. The van der Waals surface area contributed by atoms with Crippen molar-refractivity contribution in [3.05, 3.63) is 65.4 Å². The highest BCUT2D eigenvalue weighted by molar-refractivity contribution is 5.64. The van der Waals surface area contributed by atoms with Crippen LogP contribution < -0.4 is 9.47 Å². The molecule has 0 unspecified atom stereocenters. The van der Waals surface area contributed by atoms with Gasteiger partial charge in [-0.15, -0.1) is 0 Å². The van der Waals surface area contributed by atoms with Gasteiger partial charge in [-0.25, -0.2) is 9.97 Å². The number of benzene rings is 1. The Morgan fingerprint density at radius 3 is 2.93 bits per heavy atom. The van der Waals surface area contributed by atoms with Crippen molar-refractivity contribution in [3.8, 4) is 22.8 Å². The number of nitrogens with zero attached hydrogens (tertiary/aromatic N) is 4. The first kappa shape index (κ1) is 18.1. The van der Waals surface area contributed by atoms with E-state index in [2.05, 4.69) is 28.9 Å². The van der Waals surface area contributed by atoms with Crippen LogP contribution in [0.25, 0.3) is 11.3 Å². The number of aryl methyl sites for hydroxylation is 1. The molecule has 0 bridgehead atoms. The molecule has 3 aromatic rings. The first-order chi connectivity index (χ1) is 14.3. The molecule has 0 saturated heterocycles. The van der Waals surface area contributed by atoms with Gasteiger partial charge in [0.15, 0.2) is 11.5 Å². The molecular formula is C23H24N4O2. The van der Waals surface area contributed by atoms with Crippen molar-refractivity contribution in [1.82, 2.24) is 19.9 Å². The maximum atomic E-state index is 5.50. The summed E-state index contributed by atoms with van der Waals surface area (Å²) in [7, 11) is 0. The smallest absolute Gasteiger partial charge is 0.231 e. The minimum Gasteiger partial charge on any atom is -0.454 e. The van der Waals surface area contributed by atoms with E-state index < -0.39 is 0 Å². The van der Waals surface area contributed by atoms with Crippen molar-refractivity contribution in [3.63, 3.8) is 0 Å². The fourth-order valence-corrected chi connectivity index (χ4v) is 3.91. The molecule has 148 valence electrons. The van der Waals surface area contributed by atoms with Crippen molar-refractivity contribution >= 4 is 0 Å². The number of hydrogen-bond acceptors (Lipinski definition) is 6. The van der Waals surface area contributed by atoms with Gasteiger partial charge in [-0.2, -0.15) is 0 Å². The fourth-order valence-electron chi connectivity index (χ4n) is 3.91. The number of rotatable bonds is 5. The van der Waals surface area contributed by atoms with Gasteiger partial charge in [0.25, 0.3) is 0 Å². The van der Waals surface area contributed by atoms with E-state index in [1.54, 1.807) is 0 Å². The maximum absolute atomic E-state index is 5.50. The number of fused-ring (bicyclic) bond motifs is 2. The molecule has 0 radical (unpaired) electrons. The molecule has 0 N–H and O–H groups in total. The molecule has 0 saturated carbocycles. The van der Waals surface area contributed by atoms with Crippen LogP contribution in [0.5, 0.6) is 11.5 Å². The molecule has 5 rings (SSSR count). The highest BCUT2D eigenvalue weighted by Crippen LogP contribution is 2.35. The van der Waals surface area contributed by atoms with Crippen LogP contribution in [0.2, 0.25) is 0 Å². The van der Waals surface area contributed by atoms with Crippen LogP contribution in [0, 0.1) is 0 Å². The third-order valence-electron chi connectivity index (χ3n) is 5.40. The van der Waals surface area contributed by atoms with Crippen molar-refractivity contribution < 1.29 is 9.47 Å². The van der Waals surface area contributed by atoms with Gasteiger partial charge in [-0.3, -0.25) is 9.88 Å². The number of aromatic nitrogens is 3. The van der Waals surface area contributed by atoms with E-state index in [0.29, 0.717) is 0 Å². The van der Waals surface area contributed by atoms with Gasteiger partial charge in [0.1, 0.15) is 5.82 Å². The highest BCUT2D eigenvalue weighted by atomic mass is 16.7. The summed E-state index contributed by atoms with van der Waals surface area (Å²) in [6.07, 6.45) is 5.01. The predicted molar refractivity (Wildman–Crippen MR) is 110 cm³/mol. The van der Waals surface area contributed by atoms with E-state index >= 15 is 0 Å². The summed E-state index contributed by atoms with van der Waals surface area (Å²) in [5.41, 5.74) is 5.50. The molecule has 2 aliphatic heterocycles. The number of ether oxygens (including phenoxy) is 2. The summed E-state index contributed by atoms with van der Waals surface area (Å²) in [6, 6.07) is 12.2. The molecular weight excluding hydrogens is 364 g/mol.